The van der Waals surface area contributed by atoms with Crippen LogP contribution in [0.2, 0.25) is 0 Å². The molecule has 2 amide bonds. The van der Waals surface area contributed by atoms with E-state index in [1.165, 1.54) is 4.90 Å². The lowest BCUT2D eigenvalue weighted by Crippen LogP contribution is -2.44. The number of thioether (sulfide) groups is 1. The highest BCUT2D eigenvalue weighted by atomic mass is 32.2. The molecule has 0 unspecified atom stereocenters. The van der Waals surface area contributed by atoms with Crippen molar-refractivity contribution in [3.8, 4) is 0 Å². The number of urea groups is 1. The molecule has 4 nitrogen and oxygen atoms in total. The predicted octanol–water partition coefficient (Wildman–Crippen LogP) is 2.40. The average molecular weight is 266 g/mol. The fourth-order valence-corrected chi connectivity index (χ4v) is 2.42. The fourth-order valence-electron chi connectivity index (χ4n) is 2.02. The van der Waals surface area contributed by atoms with Gasteiger partial charge in [-0.05, 0) is 43.4 Å². The quantitative estimate of drug-likeness (QED) is 0.808. The molecule has 1 heterocycles. The number of piperidine rings is 1. The number of rotatable bonds is 2. The van der Waals surface area contributed by atoms with Crippen LogP contribution in [-0.4, -0.2) is 41.5 Å². The van der Waals surface area contributed by atoms with Crippen LogP contribution >= 0.6 is 11.8 Å². The molecule has 5 heteroatoms. The first-order valence-electron chi connectivity index (χ1n) is 6.07. The number of amides is 2. The van der Waals surface area contributed by atoms with Gasteiger partial charge in [-0.15, -0.1) is 11.8 Å². The van der Waals surface area contributed by atoms with Gasteiger partial charge in [-0.3, -0.25) is 0 Å². The minimum Gasteiger partial charge on any atom is -0.391 e. The molecule has 0 bridgehead atoms. The molecule has 1 aromatic carbocycles. The van der Waals surface area contributed by atoms with E-state index in [2.05, 4.69) is 5.32 Å². The van der Waals surface area contributed by atoms with E-state index >= 15 is 0 Å². The second-order valence-electron chi connectivity index (χ2n) is 4.40. The van der Waals surface area contributed by atoms with Crippen LogP contribution in [0.25, 0.3) is 0 Å². The van der Waals surface area contributed by atoms with E-state index in [4.69, 9.17) is 0 Å². The summed E-state index contributed by atoms with van der Waals surface area (Å²) >= 11 is 1.67. The summed E-state index contributed by atoms with van der Waals surface area (Å²) in [5, 5.41) is 12.4. The molecule has 1 saturated heterocycles. The molecule has 0 saturated carbocycles. The molecule has 1 aromatic rings. The highest BCUT2D eigenvalue weighted by Crippen LogP contribution is 2.18. The number of hydrogen-bond donors (Lipinski definition) is 2. The Morgan fingerprint density at radius 2 is 2.17 bits per heavy atom. The summed E-state index contributed by atoms with van der Waals surface area (Å²) < 4.78 is 0. The lowest BCUT2D eigenvalue weighted by atomic mass is 10.1. The number of aliphatic hydroxyl groups excluding tert-OH is 1. The monoisotopic (exact) mass is 266 g/mol. The summed E-state index contributed by atoms with van der Waals surface area (Å²) in [6.07, 6.45) is 3.28. The number of likely N-dealkylation sites (tertiary alicyclic amines) is 1. The molecule has 1 atom stereocenters. The zero-order chi connectivity index (χ0) is 13.0. The van der Waals surface area contributed by atoms with E-state index in [9.17, 15) is 9.90 Å². The van der Waals surface area contributed by atoms with E-state index in [1.54, 1.807) is 16.7 Å². The van der Waals surface area contributed by atoms with Crippen molar-refractivity contribution in [2.45, 2.75) is 23.8 Å². The van der Waals surface area contributed by atoms with Gasteiger partial charge in [-0.25, -0.2) is 4.79 Å². The number of carbonyl (C=O) groups excluding carboxylic acids is 1. The van der Waals surface area contributed by atoms with Gasteiger partial charge in [-0.1, -0.05) is 0 Å². The maximum absolute atomic E-state index is 12.0. The second kappa shape index (κ2) is 6.11. The third-order valence-corrected chi connectivity index (χ3v) is 3.77. The first kappa shape index (κ1) is 13.2. The Balaban J connectivity index is 1.93. The van der Waals surface area contributed by atoms with Crippen molar-refractivity contribution >= 4 is 23.5 Å². The van der Waals surface area contributed by atoms with Gasteiger partial charge in [0.1, 0.15) is 0 Å². The van der Waals surface area contributed by atoms with Gasteiger partial charge in [-0.2, -0.15) is 0 Å². The van der Waals surface area contributed by atoms with Gasteiger partial charge in [0.15, 0.2) is 0 Å². The number of hydrogen-bond acceptors (Lipinski definition) is 3. The molecule has 98 valence electrons. The van der Waals surface area contributed by atoms with Crippen molar-refractivity contribution in [3.05, 3.63) is 24.3 Å². The Morgan fingerprint density at radius 1 is 1.44 bits per heavy atom. The molecule has 1 fully saturated rings. The SMILES string of the molecule is CSc1ccc(NC(=O)N2CCC[C@@H](O)C2)cc1. The summed E-state index contributed by atoms with van der Waals surface area (Å²) in [5.41, 5.74) is 0.790. The maximum Gasteiger partial charge on any atom is 0.321 e. The van der Waals surface area contributed by atoms with Crippen LogP contribution < -0.4 is 5.32 Å². The summed E-state index contributed by atoms with van der Waals surface area (Å²) in [7, 11) is 0. The minimum absolute atomic E-state index is 0.134. The second-order valence-corrected chi connectivity index (χ2v) is 5.28. The maximum atomic E-state index is 12.0. The van der Waals surface area contributed by atoms with Crippen molar-refractivity contribution in [2.24, 2.45) is 0 Å². The van der Waals surface area contributed by atoms with Gasteiger partial charge >= 0.3 is 6.03 Å². The Morgan fingerprint density at radius 3 is 2.78 bits per heavy atom. The number of nitrogens with zero attached hydrogens (tertiary/aromatic N) is 1. The van der Waals surface area contributed by atoms with Crippen LogP contribution in [0.15, 0.2) is 29.2 Å². The number of β-amino-alcohol motifs (C(OH)–C–C–N with tert-alkyl or cyclic N) is 1. The van der Waals surface area contributed by atoms with Gasteiger partial charge in [0, 0.05) is 23.7 Å². The van der Waals surface area contributed by atoms with E-state index in [0.29, 0.717) is 13.1 Å². The van der Waals surface area contributed by atoms with Crippen molar-refractivity contribution < 1.29 is 9.90 Å². The van der Waals surface area contributed by atoms with Crippen molar-refractivity contribution in [1.29, 1.82) is 0 Å². The van der Waals surface area contributed by atoms with E-state index in [1.807, 2.05) is 30.5 Å². The molecule has 0 aromatic heterocycles. The number of carbonyl (C=O) groups is 1. The van der Waals surface area contributed by atoms with Crippen molar-refractivity contribution in [2.75, 3.05) is 24.7 Å². The molecule has 2 N–H and O–H groups in total. The van der Waals surface area contributed by atoms with Crippen LogP contribution in [0.5, 0.6) is 0 Å². The van der Waals surface area contributed by atoms with Crippen molar-refractivity contribution in [1.82, 2.24) is 4.90 Å². The zero-order valence-electron chi connectivity index (χ0n) is 10.4. The van der Waals surface area contributed by atoms with Gasteiger partial charge < -0.3 is 15.3 Å². The lowest BCUT2D eigenvalue weighted by Gasteiger charge is -2.30. The van der Waals surface area contributed by atoms with E-state index in [0.717, 1.165) is 18.5 Å². The Bertz CT molecular complexity index is 408. The fraction of sp³-hybridized carbons (Fsp3) is 0.462. The van der Waals surface area contributed by atoms with Gasteiger partial charge in [0.25, 0.3) is 0 Å². The van der Waals surface area contributed by atoms with E-state index in [-0.39, 0.29) is 12.1 Å². The topological polar surface area (TPSA) is 52.6 Å². The van der Waals surface area contributed by atoms with Crippen LogP contribution in [0.1, 0.15) is 12.8 Å². The summed E-state index contributed by atoms with van der Waals surface area (Å²) in [5.74, 6) is 0. The third kappa shape index (κ3) is 3.40. The highest BCUT2D eigenvalue weighted by Gasteiger charge is 2.21. The standard InChI is InChI=1S/C13H18N2O2S/c1-18-12-6-4-10(5-7-12)14-13(17)15-8-2-3-11(16)9-15/h4-7,11,16H,2-3,8-9H2,1H3,(H,14,17)/t11-/m1/s1. The molecule has 2 rings (SSSR count). The van der Waals surface area contributed by atoms with Gasteiger partial charge in [0.2, 0.25) is 0 Å². The highest BCUT2D eigenvalue weighted by molar-refractivity contribution is 7.98. The molecular formula is C13H18N2O2S. The molecule has 18 heavy (non-hydrogen) atoms. The average Bonchev–Trinajstić information content (AvgIpc) is 2.39. The first-order chi connectivity index (χ1) is 8.69. The molecule has 0 spiro atoms. The Labute approximate surface area is 111 Å². The largest absolute Gasteiger partial charge is 0.391 e. The minimum atomic E-state index is -0.386. The molecule has 0 aliphatic carbocycles. The van der Waals surface area contributed by atoms with Crippen molar-refractivity contribution in [3.63, 3.8) is 0 Å². The summed E-state index contributed by atoms with van der Waals surface area (Å²) in [6, 6.07) is 7.61. The summed E-state index contributed by atoms with van der Waals surface area (Å²) in [6.45, 7) is 1.14. The number of nitrogens with one attached hydrogen (secondary N) is 1. The number of aliphatic hydroxyl groups is 1. The van der Waals surface area contributed by atoms with Crippen LogP contribution in [0, 0.1) is 0 Å². The molecule has 1 aliphatic heterocycles. The zero-order valence-corrected chi connectivity index (χ0v) is 11.2. The lowest BCUT2D eigenvalue weighted by molar-refractivity contribution is 0.0883. The van der Waals surface area contributed by atoms with Crippen LogP contribution in [0.3, 0.4) is 0 Å². The molecule has 1 aliphatic rings. The van der Waals surface area contributed by atoms with E-state index < -0.39 is 0 Å². The van der Waals surface area contributed by atoms with Crippen LogP contribution in [-0.2, 0) is 0 Å². The Hall–Kier alpha value is -1.20. The van der Waals surface area contributed by atoms with Gasteiger partial charge in [0.05, 0.1) is 6.10 Å². The predicted molar refractivity (Wildman–Crippen MR) is 74.1 cm³/mol. The molecule has 0 radical (unpaired) electrons. The third-order valence-electron chi connectivity index (χ3n) is 3.03. The summed E-state index contributed by atoms with van der Waals surface area (Å²) in [4.78, 5) is 14.8. The van der Waals surface area contributed by atoms with Crippen LogP contribution in [0.4, 0.5) is 10.5 Å². The molecular weight excluding hydrogens is 248 g/mol. The normalized spacial score (nSPS) is 19.7. The smallest absolute Gasteiger partial charge is 0.321 e. The Kier molecular flexibility index (Phi) is 4.49. The number of benzene rings is 1. The number of anilines is 1. The first-order valence-corrected chi connectivity index (χ1v) is 7.29.